The molecule has 0 heterocycles. The third-order valence-electron chi connectivity index (χ3n) is 11.7. The van der Waals surface area contributed by atoms with Gasteiger partial charge in [0.1, 0.15) is 0 Å². The van der Waals surface area contributed by atoms with Gasteiger partial charge in [0.15, 0.2) is 0 Å². The predicted octanol–water partition coefficient (Wildman–Crippen LogP) is 9.14. The molecule has 8 rings (SSSR count). The Labute approximate surface area is 389 Å². The number of allylic oxidation sites excluding steroid dienone is 4. The molecule has 0 radical (unpaired) electrons. The number of fused-ring (bicyclic) bond motifs is 3. The van der Waals surface area contributed by atoms with Gasteiger partial charge in [-0.1, -0.05) is 158 Å². The van der Waals surface area contributed by atoms with Gasteiger partial charge in [-0.25, -0.2) is 5.57 Å². The Morgan fingerprint density at radius 2 is 1.03 bits per heavy atom. The molecule has 6 aromatic rings. The van der Waals surface area contributed by atoms with Gasteiger partial charge in [-0.05, 0) is 39.5 Å². The summed E-state index contributed by atoms with van der Waals surface area (Å²) in [5.41, 5.74) is 23.1. The van der Waals surface area contributed by atoms with Crippen LogP contribution in [0.25, 0.3) is 33.4 Å². The van der Waals surface area contributed by atoms with Crippen LogP contribution in [-0.4, -0.2) is 3.21 Å². The summed E-state index contributed by atoms with van der Waals surface area (Å²) in [6.07, 6.45) is 4.30. The minimum absolute atomic E-state index is 0. The molecule has 2 aliphatic carbocycles. The van der Waals surface area contributed by atoms with Crippen molar-refractivity contribution >= 4 is 3.21 Å². The van der Waals surface area contributed by atoms with E-state index >= 15 is 0 Å². The zero-order valence-corrected chi connectivity index (χ0v) is 41.6. The Hall–Kier alpha value is -3.87. The molecule has 3 heteroatoms. The summed E-state index contributed by atoms with van der Waals surface area (Å²) in [5.74, 6) is 0.560. The molecular weight excluding hydrogens is 847 g/mol. The van der Waals surface area contributed by atoms with Crippen LogP contribution in [0.15, 0.2) is 144 Å². The normalized spacial score (nSPS) is 14.0. The smallest absolute Gasteiger partial charge is 1.00 e. The van der Waals surface area contributed by atoms with Crippen molar-refractivity contribution in [2.45, 2.75) is 100 Å². The van der Waals surface area contributed by atoms with Crippen molar-refractivity contribution < 1.29 is 49.0 Å². The van der Waals surface area contributed by atoms with E-state index in [1.54, 1.807) is 0 Å². The van der Waals surface area contributed by atoms with Crippen molar-refractivity contribution in [2.24, 2.45) is 5.92 Å². The third kappa shape index (κ3) is 11.3. The molecule has 60 heavy (non-hydrogen) atoms. The van der Waals surface area contributed by atoms with Crippen molar-refractivity contribution in [3.05, 3.63) is 201 Å². The van der Waals surface area contributed by atoms with Crippen molar-refractivity contribution in [3.8, 4) is 33.4 Å². The van der Waals surface area contributed by atoms with Gasteiger partial charge in [-0.2, -0.15) is 11.1 Å². The van der Waals surface area contributed by atoms with Gasteiger partial charge in [0.25, 0.3) is 0 Å². The second kappa shape index (κ2) is 20.3. The van der Waals surface area contributed by atoms with Crippen LogP contribution in [0.5, 0.6) is 0 Å². The van der Waals surface area contributed by atoms with Crippen LogP contribution in [0.2, 0.25) is 0 Å². The van der Waals surface area contributed by atoms with E-state index in [9.17, 15) is 0 Å². The molecule has 0 saturated heterocycles. The van der Waals surface area contributed by atoms with Crippen LogP contribution < -0.4 is 24.8 Å². The second-order valence-corrected chi connectivity index (χ2v) is 19.5. The zero-order chi connectivity index (χ0) is 41.9. The molecule has 0 aromatic heterocycles. The Morgan fingerprint density at radius 3 is 1.45 bits per heavy atom. The molecule has 1 unspecified atom stereocenters. The van der Waals surface area contributed by atoms with Crippen molar-refractivity contribution in [3.63, 3.8) is 0 Å². The van der Waals surface area contributed by atoms with Crippen LogP contribution in [0.3, 0.4) is 0 Å². The number of halogens is 2. The zero-order valence-electron chi connectivity index (χ0n) is 37.7. The molecule has 2 aliphatic rings. The predicted molar refractivity (Wildman–Crippen MR) is 247 cm³/mol. The van der Waals surface area contributed by atoms with Crippen molar-refractivity contribution in [1.29, 1.82) is 0 Å². The van der Waals surface area contributed by atoms with E-state index < -0.39 is 0 Å². The first-order valence-electron chi connectivity index (χ1n) is 20.8. The molecule has 0 aliphatic heterocycles. The molecule has 0 nitrogen and oxygen atoms in total. The average molecular weight is 907 g/mol. The van der Waals surface area contributed by atoms with Crippen LogP contribution >= 0.6 is 0 Å². The summed E-state index contributed by atoms with van der Waals surface area (Å²) in [6, 6.07) is 50.4. The van der Waals surface area contributed by atoms with E-state index in [4.69, 9.17) is 0 Å². The Morgan fingerprint density at radius 1 is 0.567 bits per heavy atom. The molecule has 308 valence electrons. The maximum atomic E-state index is 3.88. The summed E-state index contributed by atoms with van der Waals surface area (Å²) >= 11 is 1.46. The summed E-state index contributed by atoms with van der Waals surface area (Å²) in [5, 5.41) is 0. The van der Waals surface area contributed by atoms with Crippen LogP contribution in [-0.2, 0) is 41.5 Å². The largest absolute Gasteiger partial charge is 1.00 e. The van der Waals surface area contributed by atoms with Crippen LogP contribution in [0.1, 0.15) is 114 Å². The molecule has 0 saturated carbocycles. The van der Waals surface area contributed by atoms with Crippen molar-refractivity contribution in [1.82, 2.24) is 0 Å². The minimum Gasteiger partial charge on any atom is -1.00 e. The van der Waals surface area contributed by atoms with Crippen LogP contribution in [0.4, 0.5) is 0 Å². The molecule has 0 bridgehead atoms. The molecule has 0 fully saturated rings. The SMILES string of the molecule is CC(C)(C)c1cc2c([c-]c1-c1ccccc1)Cc1cc(-c3ccccc3)c(C(C)(C)C)cc1-2.CC1=[C-]C(C)C(C)=C1C.Cc1ccc([C](=[Zr+2])c2ccc(C)cc2)cc1.[Cl-].[Cl-]. The summed E-state index contributed by atoms with van der Waals surface area (Å²) < 4.78 is 1.42. The van der Waals surface area contributed by atoms with Crippen molar-refractivity contribution in [2.75, 3.05) is 0 Å². The fraction of sp³-hybridized carbons (Fsp3) is 0.281. The van der Waals surface area contributed by atoms with E-state index in [2.05, 4.69) is 223 Å². The molecule has 1 atom stereocenters. The first-order valence-corrected chi connectivity index (χ1v) is 22.0. The number of benzene rings is 6. The Bertz CT molecular complexity index is 2320. The molecule has 0 spiro atoms. The molecular formula is C57H60Cl2Zr-2. The van der Waals surface area contributed by atoms with E-state index in [1.807, 2.05) is 0 Å². The van der Waals surface area contributed by atoms with E-state index in [-0.39, 0.29) is 35.6 Å². The van der Waals surface area contributed by atoms with Gasteiger partial charge in [0.2, 0.25) is 0 Å². The standard InChI is InChI=1S/C33H33.C15H14.C9H13.2ClH.Zr/c1-32(2,3)30-20-26-24(18-28(30)22-13-9-7-10-14-22)17-25-19-29(23-15-11-8-12-16-23)31(21-27(25)26)33(4,5)6;1-12-3-7-14(8-4-12)11-15-9-5-13(2)6-10-15;1-6-5-7(2)9(4)8(6)3;;;/h7-16,18,20-21H,17H2,1-6H3;3-10H,1-2H3;6H,1-4H3;2*1H;/q-1;;-1;;;+2/p-2. The second-order valence-electron chi connectivity index (χ2n) is 18.3. The maximum Gasteiger partial charge on any atom is -1.00 e. The molecule has 0 N–H and O–H groups in total. The monoisotopic (exact) mass is 904 g/mol. The van der Waals surface area contributed by atoms with Gasteiger partial charge >= 0.3 is 112 Å². The van der Waals surface area contributed by atoms with Crippen LogP contribution in [0, 0.1) is 31.9 Å². The summed E-state index contributed by atoms with van der Waals surface area (Å²) in [4.78, 5) is 0. The number of rotatable bonds is 4. The first kappa shape index (κ1) is 48.8. The third-order valence-corrected chi connectivity index (χ3v) is 13.2. The van der Waals surface area contributed by atoms with Gasteiger partial charge in [0.05, 0.1) is 0 Å². The summed E-state index contributed by atoms with van der Waals surface area (Å²) in [6.45, 7) is 26.8. The average Bonchev–Trinajstić information content (AvgIpc) is 3.67. The maximum absolute atomic E-state index is 3.88. The van der Waals surface area contributed by atoms with Gasteiger partial charge in [-0.15, -0.1) is 35.7 Å². The molecule has 0 amide bonds. The number of hydrogen-bond donors (Lipinski definition) is 0. The Kier molecular flexibility index (Phi) is 16.5. The summed E-state index contributed by atoms with van der Waals surface area (Å²) in [7, 11) is 0. The fourth-order valence-electron chi connectivity index (χ4n) is 7.87. The van der Waals surface area contributed by atoms with Gasteiger partial charge in [-0.3, -0.25) is 6.08 Å². The Balaban J connectivity index is 0.000000244. The van der Waals surface area contributed by atoms with Gasteiger partial charge in [0, 0.05) is 0 Å². The van der Waals surface area contributed by atoms with Gasteiger partial charge < -0.3 is 24.8 Å². The first-order chi connectivity index (χ1) is 27.4. The van der Waals surface area contributed by atoms with E-state index in [1.165, 1.54) is 122 Å². The number of aryl methyl sites for hydroxylation is 2. The fourth-order valence-corrected chi connectivity index (χ4v) is 8.69. The minimum atomic E-state index is 0. The quantitative estimate of drug-likeness (QED) is 0.155. The molecule has 6 aromatic carbocycles. The number of hydrogen-bond acceptors (Lipinski definition) is 0. The van der Waals surface area contributed by atoms with E-state index in [0.29, 0.717) is 5.92 Å². The van der Waals surface area contributed by atoms with E-state index in [0.717, 1.165) is 6.42 Å². The topological polar surface area (TPSA) is 0 Å².